The van der Waals surface area contributed by atoms with Gasteiger partial charge in [0.05, 0.1) is 25.6 Å². The molecular weight excluding hydrogens is 365 g/mol. The lowest BCUT2D eigenvalue weighted by molar-refractivity contribution is -0.111. The van der Waals surface area contributed by atoms with Crippen molar-refractivity contribution in [1.29, 1.82) is 0 Å². The molecule has 0 aliphatic carbocycles. The molecule has 1 amide bonds. The van der Waals surface area contributed by atoms with E-state index >= 15 is 0 Å². The Morgan fingerprint density at radius 3 is 2.37 bits per heavy atom. The van der Waals surface area contributed by atoms with Crippen LogP contribution < -0.4 is 5.32 Å². The maximum Gasteiger partial charge on any atom is 0.335 e. The van der Waals surface area contributed by atoms with Gasteiger partial charge in [0, 0.05) is 30.1 Å². The first-order chi connectivity index (χ1) is 12.9. The van der Waals surface area contributed by atoms with Crippen molar-refractivity contribution < 1.29 is 18.4 Å². The summed E-state index contributed by atoms with van der Waals surface area (Å²) in [6.45, 7) is 6.16. The molecular formula is C19H26N3O4P. The molecule has 8 heteroatoms. The number of rotatable bonds is 9. The van der Waals surface area contributed by atoms with Gasteiger partial charge >= 0.3 is 7.60 Å². The molecule has 0 aliphatic heterocycles. The lowest BCUT2D eigenvalue weighted by Gasteiger charge is -2.17. The molecule has 2 aromatic rings. The smallest absolute Gasteiger partial charge is 0.323 e. The highest BCUT2D eigenvalue weighted by Crippen LogP contribution is 2.51. The molecule has 0 spiro atoms. The van der Waals surface area contributed by atoms with E-state index in [0.29, 0.717) is 18.9 Å². The zero-order valence-electron chi connectivity index (χ0n) is 16.1. The second-order valence-electron chi connectivity index (χ2n) is 5.93. The maximum atomic E-state index is 12.6. The second-order valence-corrected chi connectivity index (χ2v) is 7.99. The minimum absolute atomic E-state index is 0.198. The first-order valence-corrected chi connectivity index (χ1v) is 10.5. The van der Waals surface area contributed by atoms with Crippen LogP contribution in [-0.2, 0) is 31.6 Å². The minimum atomic E-state index is -3.14. The highest BCUT2D eigenvalue weighted by molar-refractivity contribution is 7.53. The molecule has 0 radical (unpaired) electrons. The summed E-state index contributed by atoms with van der Waals surface area (Å²) < 4.78 is 24.9. The average Bonchev–Trinajstić information content (AvgIpc) is 2.94. The molecule has 1 aromatic heterocycles. The maximum absolute atomic E-state index is 12.6. The number of hydrogen-bond donors (Lipinski definition) is 1. The van der Waals surface area contributed by atoms with E-state index in [1.54, 1.807) is 55.1 Å². The van der Waals surface area contributed by atoms with E-state index < -0.39 is 7.60 Å². The molecule has 0 fully saturated rings. The molecule has 0 saturated heterocycles. The number of amides is 1. The van der Waals surface area contributed by atoms with Crippen LogP contribution in [-0.4, -0.2) is 28.9 Å². The topological polar surface area (TPSA) is 82.5 Å². The van der Waals surface area contributed by atoms with Crippen LogP contribution in [0.5, 0.6) is 0 Å². The van der Waals surface area contributed by atoms with E-state index in [0.717, 1.165) is 16.8 Å². The number of benzene rings is 1. The standard InChI is InChI=1S/C19H26N3O4P/c1-5-25-27(24,26-6-2)14-16-7-10-18(11-8-16)21-19(23)12-9-17-13-20-22(4)15(17)3/h7-13H,5-6,14H2,1-4H3,(H,21,23). The van der Waals surface area contributed by atoms with E-state index in [1.807, 2.05) is 14.0 Å². The third kappa shape index (κ3) is 6.17. The number of anilines is 1. The molecule has 0 atom stereocenters. The van der Waals surface area contributed by atoms with Crippen molar-refractivity contribution in [1.82, 2.24) is 9.78 Å². The molecule has 0 bridgehead atoms. The molecule has 0 aliphatic rings. The highest BCUT2D eigenvalue weighted by Gasteiger charge is 2.23. The van der Waals surface area contributed by atoms with Crippen LogP contribution in [0.3, 0.4) is 0 Å². The molecule has 0 unspecified atom stereocenters. The molecule has 1 aromatic carbocycles. The van der Waals surface area contributed by atoms with Crippen molar-refractivity contribution in [3.63, 3.8) is 0 Å². The average molecular weight is 391 g/mol. The van der Waals surface area contributed by atoms with Crippen molar-refractivity contribution in [2.45, 2.75) is 26.9 Å². The number of carbonyl (C=O) groups excluding carboxylic acids is 1. The van der Waals surface area contributed by atoms with E-state index in [4.69, 9.17) is 9.05 Å². The zero-order valence-corrected chi connectivity index (χ0v) is 17.0. The summed E-state index contributed by atoms with van der Waals surface area (Å²) >= 11 is 0. The van der Waals surface area contributed by atoms with Gasteiger partial charge in [-0.25, -0.2) is 0 Å². The normalized spacial score (nSPS) is 11.9. The Labute approximate surface area is 159 Å². The lowest BCUT2D eigenvalue weighted by atomic mass is 10.2. The van der Waals surface area contributed by atoms with Gasteiger partial charge in [0.25, 0.3) is 0 Å². The Bertz CT molecular complexity index is 833. The number of nitrogens with zero attached hydrogens (tertiary/aromatic N) is 2. The number of hydrogen-bond acceptors (Lipinski definition) is 5. The van der Waals surface area contributed by atoms with Gasteiger partial charge in [0.15, 0.2) is 0 Å². The lowest BCUT2D eigenvalue weighted by Crippen LogP contribution is -2.07. The largest absolute Gasteiger partial charge is 0.335 e. The van der Waals surface area contributed by atoms with Crippen molar-refractivity contribution in [2.24, 2.45) is 7.05 Å². The van der Waals surface area contributed by atoms with Gasteiger partial charge in [-0.05, 0) is 44.5 Å². The molecule has 1 N–H and O–H groups in total. The molecule has 0 saturated carbocycles. The van der Waals surface area contributed by atoms with Gasteiger partial charge in [-0.15, -0.1) is 0 Å². The zero-order chi connectivity index (χ0) is 19.9. The molecule has 7 nitrogen and oxygen atoms in total. The van der Waals surface area contributed by atoms with Gasteiger partial charge in [-0.2, -0.15) is 5.10 Å². The van der Waals surface area contributed by atoms with Crippen molar-refractivity contribution in [3.05, 3.63) is 53.4 Å². The molecule has 146 valence electrons. The van der Waals surface area contributed by atoms with Gasteiger partial charge in [0.2, 0.25) is 5.91 Å². The Morgan fingerprint density at radius 1 is 1.22 bits per heavy atom. The number of aryl methyl sites for hydroxylation is 1. The fraction of sp³-hybridized carbons (Fsp3) is 0.368. The summed E-state index contributed by atoms with van der Waals surface area (Å²) in [4.78, 5) is 12.1. The van der Waals surface area contributed by atoms with E-state index in [-0.39, 0.29) is 12.1 Å². The summed E-state index contributed by atoms with van der Waals surface area (Å²) in [5, 5.41) is 6.93. The van der Waals surface area contributed by atoms with Crippen LogP contribution in [0.1, 0.15) is 30.7 Å². The van der Waals surface area contributed by atoms with E-state index in [2.05, 4.69) is 10.4 Å². The van der Waals surface area contributed by atoms with Crippen LogP contribution in [0.4, 0.5) is 5.69 Å². The highest BCUT2D eigenvalue weighted by atomic mass is 31.2. The second kappa shape index (κ2) is 9.65. The minimum Gasteiger partial charge on any atom is -0.323 e. The Kier molecular flexibility index (Phi) is 7.54. The van der Waals surface area contributed by atoms with Gasteiger partial charge in [-0.1, -0.05) is 12.1 Å². The SMILES string of the molecule is CCOP(=O)(Cc1ccc(NC(=O)C=Cc2cnn(C)c2C)cc1)OCC. The number of carbonyl (C=O) groups is 1. The Hall–Kier alpha value is -2.21. The monoisotopic (exact) mass is 391 g/mol. The summed E-state index contributed by atoms with van der Waals surface area (Å²) in [7, 11) is -1.29. The van der Waals surface area contributed by atoms with Crippen LogP contribution in [0.25, 0.3) is 6.08 Å². The van der Waals surface area contributed by atoms with Crippen LogP contribution >= 0.6 is 7.60 Å². The summed E-state index contributed by atoms with van der Waals surface area (Å²) in [5.74, 6) is -0.236. The summed E-state index contributed by atoms with van der Waals surface area (Å²) in [5.41, 5.74) is 3.35. The number of nitrogens with one attached hydrogen (secondary N) is 1. The van der Waals surface area contributed by atoms with Crippen LogP contribution in [0, 0.1) is 6.92 Å². The summed E-state index contributed by atoms with van der Waals surface area (Å²) in [6, 6.07) is 7.13. The third-order valence-corrected chi connectivity index (χ3v) is 5.99. The van der Waals surface area contributed by atoms with Crippen LogP contribution in [0.2, 0.25) is 0 Å². The van der Waals surface area contributed by atoms with Crippen LogP contribution in [0.15, 0.2) is 36.5 Å². The fourth-order valence-corrected chi connectivity index (χ4v) is 4.17. The molecule has 2 rings (SSSR count). The van der Waals surface area contributed by atoms with E-state index in [1.165, 1.54) is 6.08 Å². The molecule has 27 heavy (non-hydrogen) atoms. The third-order valence-electron chi connectivity index (χ3n) is 3.94. The Morgan fingerprint density at radius 2 is 1.85 bits per heavy atom. The van der Waals surface area contributed by atoms with Gasteiger partial charge in [-0.3, -0.25) is 14.0 Å². The molecule has 1 heterocycles. The van der Waals surface area contributed by atoms with Gasteiger partial charge < -0.3 is 14.4 Å². The Balaban J connectivity index is 1.97. The van der Waals surface area contributed by atoms with E-state index in [9.17, 15) is 9.36 Å². The van der Waals surface area contributed by atoms with Crippen molar-refractivity contribution in [2.75, 3.05) is 18.5 Å². The first kappa shape index (κ1) is 21.1. The fourth-order valence-electron chi connectivity index (χ4n) is 2.47. The summed E-state index contributed by atoms with van der Waals surface area (Å²) in [6.07, 6.45) is 5.11. The van der Waals surface area contributed by atoms with Crippen molar-refractivity contribution >= 4 is 25.3 Å². The predicted octanol–water partition coefficient (Wildman–Crippen LogP) is 4.15. The van der Waals surface area contributed by atoms with Crippen molar-refractivity contribution in [3.8, 4) is 0 Å². The van der Waals surface area contributed by atoms with Gasteiger partial charge in [0.1, 0.15) is 0 Å². The number of aromatic nitrogens is 2. The predicted molar refractivity (Wildman–Crippen MR) is 107 cm³/mol. The quantitative estimate of drug-likeness (QED) is 0.513. The first-order valence-electron chi connectivity index (χ1n) is 8.81.